The molecule has 0 aliphatic carbocycles. The number of anilines is 1. The maximum Gasteiger partial charge on any atom is 0.573 e. The number of rotatable bonds is 4. The van der Waals surface area contributed by atoms with Gasteiger partial charge in [-0.05, 0) is 30.3 Å². The van der Waals surface area contributed by atoms with Crippen molar-refractivity contribution in [2.75, 3.05) is 5.32 Å². The maximum absolute atomic E-state index is 12.5. The number of nitriles is 1. The third-order valence-electron chi connectivity index (χ3n) is 2.99. The Morgan fingerprint density at radius 2 is 1.88 bits per heavy atom. The van der Waals surface area contributed by atoms with Gasteiger partial charge in [-0.2, -0.15) is 5.26 Å². The second-order valence-corrected chi connectivity index (χ2v) is 5.68. The lowest BCUT2D eigenvalue weighted by Gasteiger charge is -2.11. The van der Waals surface area contributed by atoms with Gasteiger partial charge in [0.25, 0.3) is 5.91 Å². The lowest BCUT2D eigenvalue weighted by molar-refractivity contribution is -0.274. The van der Waals surface area contributed by atoms with Crippen molar-refractivity contribution >= 4 is 40.9 Å². The Bertz CT molecular complexity index is 906. The Hall–Kier alpha value is -2.69. The number of alkyl halides is 3. The highest BCUT2D eigenvalue weighted by atomic mass is 35.5. The molecule has 0 saturated heterocycles. The number of nitrogens with zero attached hydrogens (tertiary/aromatic N) is 1. The quantitative estimate of drug-likeness (QED) is 0.549. The lowest BCUT2D eigenvalue weighted by Crippen LogP contribution is -2.18. The van der Waals surface area contributed by atoms with Gasteiger partial charge in [-0.1, -0.05) is 41.4 Å². The maximum atomic E-state index is 12.5. The van der Waals surface area contributed by atoms with E-state index in [1.807, 2.05) is 0 Å². The molecule has 1 amide bonds. The van der Waals surface area contributed by atoms with Crippen molar-refractivity contribution in [3.05, 3.63) is 63.6 Å². The van der Waals surface area contributed by atoms with Crippen LogP contribution >= 0.6 is 23.2 Å². The first-order valence-corrected chi connectivity index (χ1v) is 7.68. The minimum Gasteiger partial charge on any atom is -0.405 e. The summed E-state index contributed by atoms with van der Waals surface area (Å²) in [4.78, 5) is 12.2. The van der Waals surface area contributed by atoms with E-state index in [9.17, 15) is 23.2 Å². The van der Waals surface area contributed by atoms with Crippen molar-refractivity contribution in [3.63, 3.8) is 0 Å². The summed E-state index contributed by atoms with van der Waals surface area (Å²) < 4.78 is 41.3. The number of halogens is 5. The molecular weight excluding hydrogens is 392 g/mol. The van der Waals surface area contributed by atoms with Crippen molar-refractivity contribution in [3.8, 4) is 11.8 Å². The van der Waals surface area contributed by atoms with Crippen LogP contribution in [-0.4, -0.2) is 12.3 Å². The summed E-state index contributed by atoms with van der Waals surface area (Å²) >= 11 is 11.7. The van der Waals surface area contributed by atoms with Gasteiger partial charge < -0.3 is 10.1 Å². The molecule has 0 radical (unpaired) electrons. The summed E-state index contributed by atoms with van der Waals surface area (Å²) in [7, 11) is 0. The van der Waals surface area contributed by atoms with Crippen LogP contribution in [-0.2, 0) is 4.79 Å². The van der Waals surface area contributed by atoms with E-state index in [4.69, 9.17) is 23.2 Å². The molecule has 2 aromatic rings. The standard InChI is InChI=1S/C17H9Cl2F3N2O2/c18-12-5-6-13(19)14(8-12)24-16(25)11(9-23)7-10-3-1-2-4-15(10)26-17(20,21)22/h1-8H,(H,24,25)/b11-7+. The molecule has 9 heteroatoms. The summed E-state index contributed by atoms with van der Waals surface area (Å²) in [5.41, 5.74) is -0.377. The van der Waals surface area contributed by atoms with E-state index >= 15 is 0 Å². The molecule has 0 heterocycles. The largest absolute Gasteiger partial charge is 0.573 e. The second kappa shape index (κ2) is 8.13. The molecule has 2 rings (SSSR count). The molecule has 0 bridgehead atoms. The van der Waals surface area contributed by atoms with Crippen LogP contribution in [0.2, 0.25) is 10.0 Å². The molecule has 26 heavy (non-hydrogen) atoms. The van der Waals surface area contributed by atoms with E-state index in [0.717, 1.165) is 12.1 Å². The van der Waals surface area contributed by atoms with Gasteiger partial charge in [-0.3, -0.25) is 4.79 Å². The van der Waals surface area contributed by atoms with E-state index in [0.29, 0.717) is 5.02 Å². The normalized spacial score (nSPS) is 11.6. The molecule has 4 nitrogen and oxygen atoms in total. The molecule has 2 aromatic carbocycles. The zero-order valence-electron chi connectivity index (χ0n) is 12.8. The van der Waals surface area contributed by atoms with Crippen LogP contribution in [0.4, 0.5) is 18.9 Å². The minimum absolute atomic E-state index is 0.0892. The number of ether oxygens (including phenoxy) is 1. The highest BCUT2D eigenvalue weighted by Gasteiger charge is 2.31. The molecule has 0 fully saturated rings. The van der Waals surface area contributed by atoms with Crippen molar-refractivity contribution in [1.29, 1.82) is 5.26 Å². The van der Waals surface area contributed by atoms with Crippen LogP contribution < -0.4 is 10.1 Å². The number of benzene rings is 2. The predicted molar refractivity (Wildman–Crippen MR) is 91.8 cm³/mol. The lowest BCUT2D eigenvalue weighted by atomic mass is 10.1. The summed E-state index contributed by atoms with van der Waals surface area (Å²) in [6.07, 6.45) is -3.93. The van der Waals surface area contributed by atoms with Gasteiger partial charge in [0.2, 0.25) is 0 Å². The first-order chi connectivity index (χ1) is 12.2. The molecule has 134 valence electrons. The Morgan fingerprint density at radius 1 is 1.19 bits per heavy atom. The van der Waals surface area contributed by atoms with Gasteiger partial charge in [-0.15, -0.1) is 13.2 Å². The fourth-order valence-corrected chi connectivity index (χ4v) is 2.24. The van der Waals surface area contributed by atoms with Gasteiger partial charge in [0.1, 0.15) is 17.4 Å². The number of hydrogen-bond donors (Lipinski definition) is 1. The summed E-state index contributed by atoms with van der Waals surface area (Å²) in [6.45, 7) is 0. The van der Waals surface area contributed by atoms with Crippen LogP contribution in [0.15, 0.2) is 48.0 Å². The molecule has 1 N–H and O–H groups in total. The Kier molecular flexibility index (Phi) is 6.14. The average Bonchev–Trinajstić information content (AvgIpc) is 2.56. The third kappa shape index (κ3) is 5.41. The minimum atomic E-state index is -4.91. The highest BCUT2D eigenvalue weighted by Crippen LogP contribution is 2.29. The number of nitrogens with one attached hydrogen (secondary N) is 1. The highest BCUT2D eigenvalue weighted by molar-refractivity contribution is 6.36. The second-order valence-electron chi connectivity index (χ2n) is 4.83. The van der Waals surface area contributed by atoms with E-state index in [2.05, 4.69) is 10.1 Å². The zero-order chi connectivity index (χ0) is 19.3. The third-order valence-corrected chi connectivity index (χ3v) is 3.55. The Morgan fingerprint density at radius 3 is 2.54 bits per heavy atom. The van der Waals surface area contributed by atoms with Crippen molar-refractivity contribution < 1.29 is 22.7 Å². The van der Waals surface area contributed by atoms with Gasteiger partial charge in [0.05, 0.1) is 10.7 Å². The Balaban J connectivity index is 2.32. The molecule has 0 spiro atoms. The predicted octanol–water partition coefficient (Wildman–Crippen LogP) is 5.44. The molecule has 0 atom stereocenters. The summed E-state index contributed by atoms with van der Waals surface area (Å²) in [6, 6.07) is 11.1. The zero-order valence-corrected chi connectivity index (χ0v) is 14.3. The molecule has 0 unspecified atom stereocenters. The molecule has 0 aromatic heterocycles. The SMILES string of the molecule is N#C/C(=C\c1ccccc1OC(F)(F)F)C(=O)Nc1cc(Cl)ccc1Cl. The smallest absolute Gasteiger partial charge is 0.405 e. The number of hydrogen-bond acceptors (Lipinski definition) is 3. The monoisotopic (exact) mass is 400 g/mol. The van der Waals surface area contributed by atoms with Gasteiger partial charge in [-0.25, -0.2) is 0 Å². The first-order valence-electron chi connectivity index (χ1n) is 6.92. The van der Waals surface area contributed by atoms with Crippen LogP contribution in [0.5, 0.6) is 5.75 Å². The van der Waals surface area contributed by atoms with Crippen LogP contribution in [0.3, 0.4) is 0 Å². The van der Waals surface area contributed by atoms with Gasteiger partial charge in [0.15, 0.2) is 0 Å². The fourth-order valence-electron chi connectivity index (χ4n) is 1.90. The van der Waals surface area contributed by atoms with Crippen LogP contribution in [0, 0.1) is 11.3 Å². The topological polar surface area (TPSA) is 62.1 Å². The first kappa shape index (κ1) is 19.6. The average molecular weight is 401 g/mol. The number of amides is 1. The summed E-state index contributed by atoms with van der Waals surface area (Å²) in [5.74, 6) is -1.40. The molecule has 0 aliphatic heterocycles. The Labute approximate surface area is 156 Å². The molecule has 0 saturated carbocycles. The van der Waals surface area contributed by atoms with Crippen molar-refractivity contribution in [2.24, 2.45) is 0 Å². The van der Waals surface area contributed by atoms with Crippen molar-refractivity contribution in [1.82, 2.24) is 0 Å². The molecular formula is C17H9Cl2F3N2O2. The van der Waals surface area contributed by atoms with E-state index in [-0.39, 0.29) is 16.3 Å². The number of carbonyl (C=O) groups is 1. The number of carbonyl (C=O) groups excluding carboxylic acids is 1. The fraction of sp³-hybridized carbons (Fsp3) is 0.0588. The van der Waals surface area contributed by atoms with E-state index in [1.165, 1.54) is 36.4 Å². The summed E-state index contributed by atoms with van der Waals surface area (Å²) in [5, 5.41) is 12.0. The van der Waals surface area contributed by atoms with Crippen LogP contribution in [0.1, 0.15) is 5.56 Å². The van der Waals surface area contributed by atoms with Gasteiger partial charge >= 0.3 is 6.36 Å². The van der Waals surface area contributed by atoms with E-state index in [1.54, 1.807) is 6.07 Å². The number of para-hydroxylation sites is 1. The van der Waals surface area contributed by atoms with Crippen molar-refractivity contribution in [2.45, 2.75) is 6.36 Å². The van der Waals surface area contributed by atoms with Crippen LogP contribution in [0.25, 0.3) is 6.08 Å². The van der Waals surface area contributed by atoms with E-state index < -0.39 is 23.6 Å². The van der Waals surface area contributed by atoms with Gasteiger partial charge in [0, 0.05) is 10.6 Å². The molecule has 0 aliphatic rings.